The van der Waals surface area contributed by atoms with Gasteiger partial charge >= 0.3 is 0 Å². The van der Waals surface area contributed by atoms with Gasteiger partial charge in [-0.05, 0) is 11.8 Å². The molecule has 1 aromatic heterocycles. The second-order valence-electron chi connectivity index (χ2n) is 4.54. The Kier molecular flexibility index (Phi) is 2.35. The highest BCUT2D eigenvalue weighted by Crippen LogP contribution is 2.30. The molecule has 4 heteroatoms. The zero-order valence-electron chi connectivity index (χ0n) is 8.50. The van der Waals surface area contributed by atoms with Crippen LogP contribution in [0.1, 0.15) is 20.3 Å². The molecule has 0 radical (unpaired) electrons. The third kappa shape index (κ3) is 1.98. The van der Waals surface area contributed by atoms with Crippen molar-refractivity contribution in [1.29, 1.82) is 0 Å². The Morgan fingerprint density at radius 1 is 1.36 bits per heavy atom. The van der Waals surface area contributed by atoms with Crippen molar-refractivity contribution in [3.63, 3.8) is 0 Å². The van der Waals surface area contributed by atoms with Crippen LogP contribution >= 0.6 is 11.6 Å². The molecule has 0 aromatic carbocycles. The average Bonchev–Trinajstić information content (AvgIpc) is 2.47. The molecule has 1 aliphatic heterocycles. The summed E-state index contributed by atoms with van der Waals surface area (Å²) in [7, 11) is 0. The van der Waals surface area contributed by atoms with E-state index in [1.807, 2.05) is 0 Å². The monoisotopic (exact) mass is 211 g/mol. The van der Waals surface area contributed by atoms with Gasteiger partial charge in [-0.25, -0.2) is 9.97 Å². The van der Waals surface area contributed by atoms with Gasteiger partial charge in [0.15, 0.2) is 0 Å². The molecule has 0 amide bonds. The van der Waals surface area contributed by atoms with Crippen molar-refractivity contribution in [2.24, 2.45) is 5.41 Å². The highest BCUT2D eigenvalue weighted by Gasteiger charge is 2.30. The minimum Gasteiger partial charge on any atom is -0.340 e. The van der Waals surface area contributed by atoms with Crippen molar-refractivity contribution in [3.05, 3.63) is 17.4 Å². The van der Waals surface area contributed by atoms with E-state index in [2.05, 4.69) is 28.7 Å². The molecule has 0 atom stereocenters. The quantitative estimate of drug-likeness (QED) is 0.714. The molecule has 0 spiro atoms. The molecule has 76 valence electrons. The van der Waals surface area contributed by atoms with Gasteiger partial charge in [-0.15, -0.1) is 0 Å². The fourth-order valence-electron chi connectivity index (χ4n) is 1.75. The Morgan fingerprint density at radius 2 is 2.00 bits per heavy atom. The van der Waals surface area contributed by atoms with Gasteiger partial charge in [-0.3, -0.25) is 0 Å². The third-order valence-electron chi connectivity index (χ3n) is 2.57. The normalized spacial score (nSPS) is 20.1. The summed E-state index contributed by atoms with van der Waals surface area (Å²) in [4.78, 5) is 10.6. The Morgan fingerprint density at radius 3 is 2.50 bits per heavy atom. The Bertz CT molecular complexity index is 321. The summed E-state index contributed by atoms with van der Waals surface area (Å²) in [5.74, 6) is 0.792. The summed E-state index contributed by atoms with van der Waals surface area (Å²) < 4.78 is 0. The zero-order chi connectivity index (χ0) is 10.2. The number of hydrogen-bond donors (Lipinski definition) is 0. The predicted molar refractivity (Wildman–Crippen MR) is 57.7 cm³/mol. The average molecular weight is 212 g/mol. The smallest absolute Gasteiger partial charge is 0.225 e. The van der Waals surface area contributed by atoms with Gasteiger partial charge in [0.25, 0.3) is 0 Å². The summed E-state index contributed by atoms with van der Waals surface area (Å²) in [5.41, 5.74) is 0.378. The van der Waals surface area contributed by atoms with E-state index < -0.39 is 0 Å². The molecule has 1 fully saturated rings. The lowest BCUT2D eigenvalue weighted by atomic mass is 9.93. The van der Waals surface area contributed by atoms with Crippen molar-refractivity contribution in [1.82, 2.24) is 9.97 Å². The van der Waals surface area contributed by atoms with Crippen molar-refractivity contribution in [2.45, 2.75) is 20.3 Å². The molecule has 0 aliphatic carbocycles. The second kappa shape index (κ2) is 3.39. The van der Waals surface area contributed by atoms with Crippen molar-refractivity contribution in [3.8, 4) is 0 Å². The molecule has 2 rings (SSSR count). The lowest BCUT2D eigenvalue weighted by Gasteiger charge is -2.19. The van der Waals surface area contributed by atoms with Crippen LogP contribution in [0.3, 0.4) is 0 Å². The van der Waals surface area contributed by atoms with Crippen LogP contribution in [-0.2, 0) is 0 Å². The van der Waals surface area contributed by atoms with Crippen molar-refractivity contribution >= 4 is 17.5 Å². The van der Waals surface area contributed by atoms with Crippen LogP contribution in [0, 0.1) is 5.41 Å². The van der Waals surface area contributed by atoms with Crippen molar-refractivity contribution in [2.75, 3.05) is 18.0 Å². The number of halogens is 1. The number of hydrogen-bond acceptors (Lipinski definition) is 3. The van der Waals surface area contributed by atoms with Gasteiger partial charge in [0, 0.05) is 13.1 Å². The molecular weight excluding hydrogens is 198 g/mol. The van der Waals surface area contributed by atoms with Gasteiger partial charge in [0.1, 0.15) is 0 Å². The van der Waals surface area contributed by atoms with Gasteiger partial charge in [0.05, 0.1) is 17.4 Å². The first kappa shape index (κ1) is 9.71. The SMILES string of the molecule is CC1(C)CCN(c2ncc(Cl)cn2)C1. The highest BCUT2D eigenvalue weighted by atomic mass is 35.5. The first-order valence-corrected chi connectivity index (χ1v) is 5.17. The highest BCUT2D eigenvalue weighted by molar-refractivity contribution is 6.30. The molecule has 1 saturated heterocycles. The fraction of sp³-hybridized carbons (Fsp3) is 0.600. The van der Waals surface area contributed by atoms with E-state index in [9.17, 15) is 0 Å². The zero-order valence-corrected chi connectivity index (χ0v) is 9.25. The number of nitrogens with zero attached hydrogens (tertiary/aromatic N) is 3. The minimum atomic E-state index is 0.378. The number of rotatable bonds is 1. The first-order chi connectivity index (χ1) is 6.57. The van der Waals surface area contributed by atoms with Crippen LogP contribution in [0.25, 0.3) is 0 Å². The van der Waals surface area contributed by atoms with Crippen LogP contribution in [0.2, 0.25) is 5.02 Å². The maximum Gasteiger partial charge on any atom is 0.225 e. The lowest BCUT2D eigenvalue weighted by molar-refractivity contribution is 0.418. The van der Waals surface area contributed by atoms with Crippen LogP contribution in [0.15, 0.2) is 12.4 Å². The van der Waals surface area contributed by atoms with E-state index in [-0.39, 0.29) is 0 Å². The molecule has 0 unspecified atom stereocenters. The summed E-state index contributed by atoms with van der Waals surface area (Å²) >= 11 is 5.73. The summed E-state index contributed by atoms with van der Waals surface area (Å²) in [6.07, 6.45) is 4.49. The fourth-order valence-corrected chi connectivity index (χ4v) is 1.85. The van der Waals surface area contributed by atoms with Crippen LogP contribution in [0.4, 0.5) is 5.95 Å². The van der Waals surface area contributed by atoms with Crippen LogP contribution in [-0.4, -0.2) is 23.1 Å². The lowest BCUT2D eigenvalue weighted by Crippen LogP contribution is -2.24. The molecule has 0 saturated carbocycles. The van der Waals surface area contributed by atoms with Gasteiger partial charge in [-0.1, -0.05) is 25.4 Å². The topological polar surface area (TPSA) is 29.0 Å². The molecular formula is C10H14ClN3. The number of aromatic nitrogens is 2. The minimum absolute atomic E-state index is 0.378. The molecule has 1 aromatic rings. The Labute approximate surface area is 89.1 Å². The molecule has 1 aliphatic rings. The maximum atomic E-state index is 5.73. The summed E-state index contributed by atoms with van der Waals surface area (Å²) in [6, 6.07) is 0. The van der Waals surface area contributed by atoms with Gasteiger partial charge in [-0.2, -0.15) is 0 Å². The van der Waals surface area contributed by atoms with E-state index in [4.69, 9.17) is 11.6 Å². The van der Waals surface area contributed by atoms with Gasteiger partial charge in [0.2, 0.25) is 5.95 Å². The van der Waals surface area contributed by atoms with Gasteiger partial charge < -0.3 is 4.90 Å². The predicted octanol–water partition coefficient (Wildman–Crippen LogP) is 2.37. The molecule has 14 heavy (non-hydrogen) atoms. The van der Waals surface area contributed by atoms with E-state index in [1.54, 1.807) is 12.4 Å². The van der Waals surface area contributed by atoms with Crippen LogP contribution < -0.4 is 4.90 Å². The van der Waals surface area contributed by atoms with Crippen LogP contribution in [0.5, 0.6) is 0 Å². The van der Waals surface area contributed by atoms with E-state index in [0.717, 1.165) is 19.0 Å². The van der Waals surface area contributed by atoms with E-state index >= 15 is 0 Å². The maximum absolute atomic E-state index is 5.73. The third-order valence-corrected chi connectivity index (χ3v) is 2.76. The second-order valence-corrected chi connectivity index (χ2v) is 4.97. The molecule has 3 nitrogen and oxygen atoms in total. The first-order valence-electron chi connectivity index (χ1n) is 4.79. The van der Waals surface area contributed by atoms with E-state index in [0.29, 0.717) is 10.4 Å². The number of anilines is 1. The molecule has 0 N–H and O–H groups in total. The van der Waals surface area contributed by atoms with E-state index in [1.165, 1.54) is 6.42 Å². The molecule has 2 heterocycles. The largest absolute Gasteiger partial charge is 0.340 e. The van der Waals surface area contributed by atoms with Crippen molar-refractivity contribution < 1.29 is 0 Å². The molecule has 0 bridgehead atoms. The summed E-state index contributed by atoms with van der Waals surface area (Å²) in [5, 5.41) is 0.590. The summed E-state index contributed by atoms with van der Waals surface area (Å²) in [6.45, 7) is 6.59. The Hall–Kier alpha value is -0.830. The Balaban J connectivity index is 2.14. The standard InChI is InChI=1S/C10H14ClN3/c1-10(2)3-4-14(7-10)9-12-5-8(11)6-13-9/h5-6H,3-4,7H2,1-2H3.